The lowest BCUT2D eigenvalue weighted by atomic mass is 9.95. The van der Waals surface area contributed by atoms with E-state index >= 15 is 0 Å². The molecule has 0 saturated heterocycles. The molecule has 4 rings (SSSR count). The third-order valence-electron chi connectivity index (χ3n) is 5.20. The van der Waals surface area contributed by atoms with Gasteiger partial charge in [0.15, 0.2) is 11.5 Å². The maximum absolute atomic E-state index is 11.3. The molecule has 2 aromatic rings. The van der Waals surface area contributed by atoms with E-state index in [1.807, 2.05) is 9.80 Å². The molecule has 140 valence electrons. The molecule has 0 radical (unpaired) electrons. The second-order valence-corrected chi connectivity index (χ2v) is 6.81. The average Bonchev–Trinajstić information content (AvgIpc) is 2.52. The third-order valence-corrected chi connectivity index (χ3v) is 5.20. The van der Waals surface area contributed by atoms with Crippen LogP contribution in [0.4, 0.5) is 22.7 Å². The lowest BCUT2D eigenvalue weighted by Gasteiger charge is -2.45. The number of nitrogens with zero attached hydrogens (tertiary/aromatic N) is 4. The summed E-state index contributed by atoms with van der Waals surface area (Å²) in [7, 11) is 0. The molecule has 2 N–H and O–H groups in total. The monoisotopic (exact) mass is 372 g/mol. The molecule has 0 aliphatic carbocycles. The normalized spacial score (nSPS) is 14.6. The minimum absolute atomic E-state index is 0.323. The van der Waals surface area contributed by atoms with Crippen LogP contribution in [0, 0.1) is 34.1 Å². The first-order chi connectivity index (χ1) is 12.7. The maximum Gasteiger partial charge on any atom is 0.315 e. The number of nitro benzene ring substituents is 2. The SMILES string of the molecule is Cc1c2c(cc(O)c1[N+](=O)[O-])CN1CN2Cc2cc(O)c([N+](=O)[O-])c(C)c21. The molecule has 0 saturated carbocycles. The number of benzene rings is 2. The zero-order valence-corrected chi connectivity index (χ0v) is 14.6. The highest BCUT2D eigenvalue weighted by Crippen LogP contribution is 2.48. The Morgan fingerprint density at radius 1 is 0.852 bits per heavy atom. The van der Waals surface area contributed by atoms with Crippen LogP contribution in [0.2, 0.25) is 0 Å². The van der Waals surface area contributed by atoms with Crippen LogP contribution in [-0.4, -0.2) is 26.7 Å². The van der Waals surface area contributed by atoms with Gasteiger partial charge in [-0.2, -0.15) is 0 Å². The zero-order chi connectivity index (χ0) is 19.6. The summed E-state index contributed by atoms with van der Waals surface area (Å²) in [6, 6.07) is 2.77. The molecule has 0 spiro atoms. The van der Waals surface area contributed by atoms with Crippen molar-refractivity contribution in [2.45, 2.75) is 26.9 Å². The van der Waals surface area contributed by atoms with E-state index in [0.29, 0.717) is 53.4 Å². The topological polar surface area (TPSA) is 133 Å². The van der Waals surface area contributed by atoms with E-state index in [1.54, 1.807) is 13.8 Å². The lowest BCUT2D eigenvalue weighted by molar-refractivity contribution is -0.386. The van der Waals surface area contributed by atoms with Crippen LogP contribution >= 0.6 is 0 Å². The Balaban J connectivity index is 1.90. The van der Waals surface area contributed by atoms with E-state index in [1.165, 1.54) is 12.1 Å². The highest BCUT2D eigenvalue weighted by molar-refractivity contribution is 5.79. The first-order valence-corrected chi connectivity index (χ1v) is 8.20. The van der Waals surface area contributed by atoms with Crippen molar-refractivity contribution < 1.29 is 20.1 Å². The molecule has 2 aliphatic heterocycles. The van der Waals surface area contributed by atoms with Crippen LogP contribution in [0.25, 0.3) is 0 Å². The van der Waals surface area contributed by atoms with Gasteiger partial charge in [0, 0.05) is 13.1 Å². The van der Waals surface area contributed by atoms with Gasteiger partial charge in [0.2, 0.25) is 0 Å². The Kier molecular flexibility index (Phi) is 3.42. The summed E-state index contributed by atoms with van der Waals surface area (Å²) in [6.07, 6.45) is 0. The summed E-state index contributed by atoms with van der Waals surface area (Å²) in [5, 5.41) is 42.8. The summed E-state index contributed by atoms with van der Waals surface area (Å²) >= 11 is 0. The summed E-state index contributed by atoms with van der Waals surface area (Å²) in [5.74, 6) is -0.792. The van der Waals surface area contributed by atoms with Gasteiger partial charge in [-0.1, -0.05) is 0 Å². The number of phenolic OH excluding ortho intramolecular Hbond substituents is 2. The molecule has 10 heteroatoms. The second kappa shape index (κ2) is 5.47. The Morgan fingerprint density at radius 2 is 1.22 bits per heavy atom. The number of anilines is 2. The van der Waals surface area contributed by atoms with Crippen molar-refractivity contribution in [1.29, 1.82) is 0 Å². The molecule has 10 nitrogen and oxygen atoms in total. The summed E-state index contributed by atoms with van der Waals surface area (Å²) in [5.41, 5.74) is 2.88. The Hall–Kier alpha value is -3.56. The van der Waals surface area contributed by atoms with Crippen molar-refractivity contribution >= 4 is 22.7 Å². The first kappa shape index (κ1) is 16.9. The molecule has 2 aromatic carbocycles. The van der Waals surface area contributed by atoms with Crippen LogP contribution < -0.4 is 9.80 Å². The number of phenols is 2. The number of hydrogen-bond acceptors (Lipinski definition) is 8. The van der Waals surface area contributed by atoms with Crippen molar-refractivity contribution in [2.75, 3.05) is 16.5 Å². The number of hydrogen-bond donors (Lipinski definition) is 2. The van der Waals surface area contributed by atoms with Gasteiger partial charge in [-0.25, -0.2) is 0 Å². The fraction of sp³-hybridized carbons (Fsp3) is 0.294. The molecule has 0 aromatic heterocycles. The summed E-state index contributed by atoms with van der Waals surface area (Å²) < 4.78 is 0. The van der Waals surface area contributed by atoms with Crippen molar-refractivity contribution in [3.8, 4) is 11.5 Å². The highest BCUT2D eigenvalue weighted by Gasteiger charge is 2.37. The lowest BCUT2D eigenvalue weighted by Crippen LogP contribution is -2.46. The fourth-order valence-electron chi connectivity index (χ4n) is 4.29. The van der Waals surface area contributed by atoms with Crippen LogP contribution in [0.3, 0.4) is 0 Å². The number of fused-ring (bicyclic) bond motifs is 6. The Labute approximate surface area is 153 Å². The van der Waals surface area contributed by atoms with E-state index in [0.717, 1.165) is 0 Å². The number of aromatic hydroxyl groups is 2. The van der Waals surface area contributed by atoms with E-state index in [4.69, 9.17) is 0 Å². The minimum Gasteiger partial charge on any atom is -0.502 e. The largest absolute Gasteiger partial charge is 0.502 e. The molecule has 0 fully saturated rings. The molecule has 2 bridgehead atoms. The van der Waals surface area contributed by atoms with E-state index in [2.05, 4.69) is 0 Å². The zero-order valence-electron chi connectivity index (χ0n) is 14.6. The number of rotatable bonds is 2. The van der Waals surface area contributed by atoms with Gasteiger partial charge >= 0.3 is 11.4 Å². The summed E-state index contributed by atoms with van der Waals surface area (Å²) in [4.78, 5) is 25.2. The summed E-state index contributed by atoms with van der Waals surface area (Å²) in [6.45, 7) is 4.29. The Morgan fingerprint density at radius 3 is 1.56 bits per heavy atom. The Bertz CT molecular complexity index is 954. The standard InChI is InChI=1S/C17H16N4O6/c1-8-14-10(3-12(22)16(8)20(24)25)5-19-7-18(14)6-11-4-13(23)17(21(26)27)9(2)15(11)19/h3-4,22-23H,5-7H2,1-2H3. The van der Waals surface area contributed by atoms with Crippen molar-refractivity contribution in [1.82, 2.24) is 0 Å². The van der Waals surface area contributed by atoms with Gasteiger partial charge in [0.1, 0.15) is 0 Å². The molecule has 27 heavy (non-hydrogen) atoms. The van der Waals surface area contributed by atoms with Crippen molar-refractivity contribution in [3.05, 3.63) is 54.6 Å². The van der Waals surface area contributed by atoms with E-state index in [9.17, 15) is 30.4 Å². The van der Waals surface area contributed by atoms with Gasteiger partial charge in [-0.15, -0.1) is 0 Å². The molecule has 2 heterocycles. The first-order valence-electron chi connectivity index (χ1n) is 8.20. The third kappa shape index (κ3) is 2.26. The maximum atomic E-state index is 11.3. The highest BCUT2D eigenvalue weighted by atomic mass is 16.6. The van der Waals surface area contributed by atoms with Crippen LogP contribution in [0.1, 0.15) is 22.3 Å². The van der Waals surface area contributed by atoms with Crippen LogP contribution in [-0.2, 0) is 13.1 Å². The predicted molar refractivity (Wildman–Crippen MR) is 96.2 cm³/mol. The van der Waals surface area contributed by atoms with Crippen molar-refractivity contribution in [3.63, 3.8) is 0 Å². The predicted octanol–water partition coefficient (Wildman–Crippen LogP) is 2.83. The van der Waals surface area contributed by atoms with E-state index < -0.39 is 21.3 Å². The number of nitro groups is 2. The van der Waals surface area contributed by atoms with Gasteiger partial charge in [0.25, 0.3) is 0 Å². The van der Waals surface area contributed by atoms with Gasteiger partial charge in [-0.3, -0.25) is 20.2 Å². The second-order valence-electron chi connectivity index (χ2n) is 6.81. The molecular formula is C17H16N4O6. The molecular weight excluding hydrogens is 356 g/mol. The molecule has 0 amide bonds. The van der Waals surface area contributed by atoms with Gasteiger partial charge in [-0.05, 0) is 37.1 Å². The quantitative estimate of drug-likeness (QED) is 0.607. The molecule has 0 unspecified atom stereocenters. The minimum atomic E-state index is -0.603. The molecule has 0 atom stereocenters. The molecule has 2 aliphatic rings. The smallest absolute Gasteiger partial charge is 0.315 e. The van der Waals surface area contributed by atoms with Gasteiger partial charge in [0.05, 0.1) is 39.0 Å². The van der Waals surface area contributed by atoms with Gasteiger partial charge < -0.3 is 20.0 Å². The van der Waals surface area contributed by atoms with Crippen LogP contribution in [0.5, 0.6) is 11.5 Å². The fourth-order valence-corrected chi connectivity index (χ4v) is 4.29. The average molecular weight is 372 g/mol. The van der Waals surface area contributed by atoms with E-state index in [-0.39, 0.29) is 11.4 Å². The van der Waals surface area contributed by atoms with Crippen LogP contribution in [0.15, 0.2) is 12.1 Å². The van der Waals surface area contributed by atoms with Crippen molar-refractivity contribution in [2.24, 2.45) is 0 Å².